The van der Waals surface area contributed by atoms with Gasteiger partial charge in [0.25, 0.3) is 0 Å². The SMILES string of the molecule is CNC[C@H](O)[C@@H](O)[C@H](O)[C@H](O)CO.[Sb]. The van der Waals surface area contributed by atoms with E-state index in [2.05, 4.69) is 5.32 Å². The Labute approximate surface area is 100 Å². The Hall–Kier alpha value is 0.578. The van der Waals surface area contributed by atoms with Crippen LogP contribution in [-0.2, 0) is 0 Å². The van der Waals surface area contributed by atoms with Gasteiger partial charge in [0.05, 0.1) is 12.7 Å². The first kappa shape index (κ1) is 17.0. The maximum atomic E-state index is 9.21. The molecule has 0 saturated carbocycles. The summed E-state index contributed by atoms with van der Waals surface area (Å²) in [7, 11) is 1.57. The minimum absolute atomic E-state index is 0. The summed E-state index contributed by atoms with van der Waals surface area (Å²) in [6, 6.07) is 0. The molecule has 0 fully saturated rings. The van der Waals surface area contributed by atoms with Crippen LogP contribution in [-0.4, -0.2) is 94.6 Å². The summed E-state index contributed by atoms with van der Waals surface area (Å²) < 4.78 is 0. The molecule has 6 nitrogen and oxygen atoms in total. The van der Waals surface area contributed by atoms with E-state index < -0.39 is 31.0 Å². The fraction of sp³-hybridized carbons (Fsp3) is 1.00. The standard InChI is InChI=1S/C7H17NO5.Sb/c1-8-2-4(10)6(12)7(13)5(11)3-9;/h4-13H,2-3H2,1H3;/t4-,5+,6+,7+;/m0./s1. The molecule has 0 rings (SSSR count). The Morgan fingerprint density at radius 2 is 1.43 bits per heavy atom. The van der Waals surface area contributed by atoms with E-state index in [1.165, 1.54) is 0 Å². The van der Waals surface area contributed by atoms with Gasteiger partial charge in [-0.1, -0.05) is 0 Å². The third-order valence-electron chi connectivity index (χ3n) is 1.74. The van der Waals surface area contributed by atoms with Crippen molar-refractivity contribution in [2.45, 2.75) is 24.4 Å². The molecule has 0 saturated heterocycles. The minimum Gasteiger partial charge on any atom is -0.394 e. The van der Waals surface area contributed by atoms with E-state index in [0.717, 1.165) is 0 Å². The monoisotopic (exact) mass is 316 g/mol. The van der Waals surface area contributed by atoms with Gasteiger partial charge >= 0.3 is 0 Å². The van der Waals surface area contributed by atoms with Gasteiger partial charge in [-0.2, -0.15) is 0 Å². The van der Waals surface area contributed by atoms with Crippen molar-refractivity contribution in [2.24, 2.45) is 0 Å². The topological polar surface area (TPSA) is 113 Å². The maximum Gasteiger partial charge on any atom is 0.111 e. The van der Waals surface area contributed by atoms with Crippen LogP contribution in [0.15, 0.2) is 0 Å². The molecule has 85 valence electrons. The molecule has 6 N–H and O–H groups in total. The van der Waals surface area contributed by atoms with Crippen molar-refractivity contribution >= 4 is 24.4 Å². The molecule has 0 amide bonds. The van der Waals surface area contributed by atoms with Gasteiger partial charge in [-0.3, -0.25) is 0 Å². The summed E-state index contributed by atoms with van der Waals surface area (Å²) >= 11 is 0. The zero-order chi connectivity index (χ0) is 10.4. The van der Waals surface area contributed by atoms with E-state index in [1.807, 2.05) is 0 Å². The minimum atomic E-state index is -1.55. The second kappa shape index (κ2) is 8.85. The second-order valence-electron chi connectivity index (χ2n) is 2.86. The van der Waals surface area contributed by atoms with Crippen LogP contribution in [0.25, 0.3) is 0 Å². The van der Waals surface area contributed by atoms with Crippen LogP contribution >= 0.6 is 0 Å². The van der Waals surface area contributed by atoms with Gasteiger partial charge in [0, 0.05) is 31.0 Å². The van der Waals surface area contributed by atoms with Crippen LogP contribution in [0, 0.1) is 0 Å². The molecular weight excluding hydrogens is 300 g/mol. The summed E-state index contributed by atoms with van der Waals surface area (Å²) in [6.07, 6.45) is -5.65. The molecule has 0 aliphatic rings. The van der Waals surface area contributed by atoms with Gasteiger partial charge in [-0.25, -0.2) is 0 Å². The molecule has 0 aromatic heterocycles. The van der Waals surface area contributed by atoms with E-state index in [1.54, 1.807) is 7.05 Å². The molecule has 0 bridgehead atoms. The zero-order valence-corrected chi connectivity index (χ0v) is 10.5. The number of hydrogen-bond donors (Lipinski definition) is 6. The molecular formula is C7H17NO5Sb. The first-order chi connectivity index (χ1) is 6.04. The fourth-order valence-corrected chi connectivity index (χ4v) is 0.893. The fourth-order valence-electron chi connectivity index (χ4n) is 0.893. The number of hydrogen-bond acceptors (Lipinski definition) is 6. The van der Waals surface area contributed by atoms with Crippen molar-refractivity contribution in [1.82, 2.24) is 5.32 Å². The number of aliphatic hydroxyl groups excluding tert-OH is 5. The van der Waals surface area contributed by atoms with E-state index in [0.29, 0.717) is 0 Å². The quantitative estimate of drug-likeness (QED) is 0.281. The predicted octanol–water partition coefficient (Wildman–Crippen LogP) is -3.74. The first-order valence-electron chi connectivity index (χ1n) is 4.02. The normalized spacial score (nSPS) is 19.3. The van der Waals surface area contributed by atoms with Crippen LogP contribution in [0.3, 0.4) is 0 Å². The summed E-state index contributed by atoms with van der Waals surface area (Å²) in [6.45, 7) is -0.569. The van der Waals surface area contributed by atoms with Gasteiger partial charge in [0.1, 0.15) is 18.3 Å². The largest absolute Gasteiger partial charge is 0.394 e. The smallest absolute Gasteiger partial charge is 0.111 e. The van der Waals surface area contributed by atoms with Crippen molar-refractivity contribution < 1.29 is 25.5 Å². The number of nitrogens with one attached hydrogen (secondary N) is 1. The molecule has 0 aromatic carbocycles. The molecule has 0 spiro atoms. The second-order valence-corrected chi connectivity index (χ2v) is 2.86. The van der Waals surface area contributed by atoms with Crippen LogP contribution < -0.4 is 5.32 Å². The molecule has 7 heteroatoms. The molecule has 0 unspecified atom stereocenters. The molecule has 14 heavy (non-hydrogen) atoms. The van der Waals surface area contributed by atoms with Gasteiger partial charge in [-0.05, 0) is 7.05 Å². The maximum absolute atomic E-state index is 9.21. The average Bonchev–Trinajstić information content (AvgIpc) is 2.14. The van der Waals surface area contributed by atoms with Crippen molar-refractivity contribution in [3.8, 4) is 0 Å². The van der Waals surface area contributed by atoms with Gasteiger partial charge in [0.15, 0.2) is 0 Å². The van der Waals surface area contributed by atoms with Gasteiger partial charge in [-0.15, -0.1) is 0 Å². The number of rotatable bonds is 6. The van der Waals surface area contributed by atoms with Crippen LogP contribution in [0.5, 0.6) is 0 Å². The van der Waals surface area contributed by atoms with Crippen LogP contribution in [0.4, 0.5) is 0 Å². The molecule has 0 aliphatic heterocycles. The predicted molar refractivity (Wildman–Crippen MR) is 50.8 cm³/mol. The summed E-state index contributed by atoms with van der Waals surface area (Å²) in [5.41, 5.74) is 0. The Kier molecular flexibility index (Phi) is 10.7. The van der Waals surface area contributed by atoms with Crippen LogP contribution in [0.2, 0.25) is 0 Å². The van der Waals surface area contributed by atoms with Crippen molar-refractivity contribution in [3.05, 3.63) is 0 Å². The van der Waals surface area contributed by atoms with Gasteiger partial charge in [0.2, 0.25) is 0 Å². The summed E-state index contributed by atoms with van der Waals surface area (Å²) in [4.78, 5) is 0. The number of aliphatic hydroxyl groups is 5. The van der Waals surface area contributed by atoms with Crippen LogP contribution in [0.1, 0.15) is 0 Å². The van der Waals surface area contributed by atoms with Gasteiger partial charge < -0.3 is 30.8 Å². The molecule has 4 atom stereocenters. The average molecular weight is 317 g/mol. The van der Waals surface area contributed by atoms with Crippen molar-refractivity contribution in [3.63, 3.8) is 0 Å². The number of likely N-dealkylation sites (N-methyl/N-ethyl adjacent to an activating group) is 1. The summed E-state index contributed by atoms with van der Waals surface area (Å²) in [5.74, 6) is 0. The zero-order valence-electron chi connectivity index (χ0n) is 7.91. The third-order valence-corrected chi connectivity index (χ3v) is 1.74. The van der Waals surface area contributed by atoms with E-state index in [4.69, 9.17) is 20.4 Å². The first-order valence-corrected chi connectivity index (χ1v) is 4.02. The van der Waals surface area contributed by atoms with E-state index in [9.17, 15) is 5.11 Å². The summed E-state index contributed by atoms with van der Waals surface area (Å²) in [5, 5.41) is 47.5. The van der Waals surface area contributed by atoms with E-state index in [-0.39, 0.29) is 31.0 Å². The third kappa shape index (κ3) is 5.46. The Morgan fingerprint density at radius 1 is 1.00 bits per heavy atom. The molecule has 0 aromatic rings. The van der Waals surface area contributed by atoms with E-state index >= 15 is 0 Å². The molecule has 0 aliphatic carbocycles. The Morgan fingerprint density at radius 3 is 1.79 bits per heavy atom. The Balaban J connectivity index is 0. The van der Waals surface area contributed by atoms with Crippen molar-refractivity contribution in [1.29, 1.82) is 0 Å². The molecule has 3 radical (unpaired) electrons. The Bertz CT molecular complexity index is 139. The molecule has 0 heterocycles. The van der Waals surface area contributed by atoms with Crippen molar-refractivity contribution in [2.75, 3.05) is 20.2 Å².